The van der Waals surface area contributed by atoms with Gasteiger partial charge in [-0.15, -0.1) is 0 Å². The molecule has 0 heteroatoms. The third kappa shape index (κ3) is 2.09. The Bertz CT molecular complexity index is 476. The zero-order valence-corrected chi connectivity index (χ0v) is 11.6. The van der Waals surface area contributed by atoms with Crippen LogP contribution in [0.15, 0.2) is 35.9 Å². The minimum Gasteiger partial charge on any atom is -0.0804 e. The molecule has 0 N–H and O–H groups in total. The first kappa shape index (κ1) is 12.2. The Kier molecular flexibility index (Phi) is 2.99. The van der Waals surface area contributed by atoms with Crippen molar-refractivity contribution in [3.05, 3.63) is 58.2 Å². The molecule has 0 aliphatic heterocycles. The van der Waals surface area contributed by atoms with Crippen LogP contribution in [0, 0.1) is 20.8 Å². The molecule has 0 saturated heterocycles. The van der Waals surface area contributed by atoms with Crippen LogP contribution in [0.25, 0.3) is 0 Å². The maximum absolute atomic E-state index is 2.34. The largest absolute Gasteiger partial charge is 0.0804 e. The second-order valence-electron chi connectivity index (χ2n) is 5.72. The molecular formula is C17H22. The van der Waals surface area contributed by atoms with Gasteiger partial charge in [-0.05, 0) is 43.9 Å². The molecule has 0 nitrogen and oxygen atoms in total. The lowest BCUT2D eigenvalue weighted by atomic mass is 9.73. The van der Waals surface area contributed by atoms with E-state index in [0.29, 0.717) is 0 Å². The normalized spacial score (nSPS) is 15.2. The van der Waals surface area contributed by atoms with Crippen molar-refractivity contribution >= 4 is 0 Å². The van der Waals surface area contributed by atoms with Crippen LogP contribution in [0.4, 0.5) is 0 Å². The van der Waals surface area contributed by atoms with Crippen LogP contribution in [0.1, 0.15) is 42.5 Å². The fourth-order valence-electron chi connectivity index (χ4n) is 3.24. The van der Waals surface area contributed by atoms with E-state index in [0.717, 1.165) is 6.42 Å². The van der Waals surface area contributed by atoms with Crippen LogP contribution in [-0.2, 0) is 5.41 Å². The summed E-state index contributed by atoms with van der Waals surface area (Å²) in [6, 6.07) is 4.60. The van der Waals surface area contributed by atoms with Gasteiger partial charge in [0.25, 0.3) is 0 Å². The molecule has 0 heterocycles. The molecule has 1 aliphatic carbocycles. The first-order valence-electron chi connectivity index (χ1n) is 6.37. The van der Waals surface area contributed by atoms with Crippen LogP contribution in [0.5, 0.6) is 0 Å². The Labute approximate surface area is 105 Å². The minimum absolute atomic E-state index is 0.144. The molecular weight excluding hydrogens is 204 g/mol. The topological polar surface area (TPSA) is 0 Å². The first-order valence-corrected chi connectivity index (χ1v) is 6.37. The van der Waals surface area contributed by atoms with Crippen molar-refractivity contribution in [2.24, 2.45) is 0 Å². The van der Waals surface area contributed by atoms with Crippen LogP contribution in [-0.4, -0.2) is 0 Å². The summed E-state index contributed by atoms with van der Waals surface area (Å²) in [5.74, 6) is 0. The van der Waals surface area contributed by atoms with Crippen LogP contribution >= 0.6 is 0 Å². The summed E-state index contributed by atoms with van der Waals surface area (Å²) >= 11 is 0. The summed E-state index contributed by atoms with van der Waals surface area (Å²) in [4.78, 5) is 0. The van der Waals surface area contributed by atoms with Crippen molar-refractivity contribution in [2.45, 2.75) is 46.5 Å². The van der Waals surface area contributed by atoms with E-state index < -0.39 is 0 Å². The molecule has 2 rings (SSSR count). The van der Waals surface area contributed by atoms with E-state index in [4.69, 9.17) is 0 Å². The predicted octanol–water partition coefficient (Wildman–Crippen LogP) is 4.78. The van der Waals surface area contributed by atoms with Gasteiger partial charge < -0.3 is 0 Å². The van der Waals surface area contributed by atoms with E-state index in [9.17, 15) is 0 Å². The molecule has 0 bridgehead atoms. The van der Waals surface area contributed by atoms with Crippen molar-refractivity contribution < 1.29 is 0 Å². The lowest BCUT2D eigenvalue weighted by Crippen LogP contribution is -2.22. The molecule has 1 aliphatic rings. The summed E-state index contributed by atoms with van der Waals surface area (Å²) in [5.41, 5.74) is 7.36. The minimum atomic E-state index is 0.144. The van der Waals surface area contributed by atoms with Crippen molar-refractivity contribution in [1.29, 1.82) is 0 Å². The van der Waals surface area contributed by atoms with Gasteiger partial charge in [-0.1, -0.05) is 55.3 Å². The molecule has 0 radical (unpaired) electrons. The van der Waals surface area contributed by atoms with Gasteiger partial charge in [0.15, 0.2) is 0 Å². The summed E-state index contributed by atoms with van der Waals surface area (Å²) in [6.45, 7) is 11.3. The Balaban J connectivity index is 2.53. The molecule has 0 atom stereocenters. The average molecular weight is 226 g/mol. The number of rotatable bonds is 2. The summed E-state index contributed by atoms with van der Waals surface area (Å²) in [5, 5.41) is 0. The highest BCUT2D eigenvalue weighted by Gasteiger charge is 2.28. The quantitative estimate of drug-likeness (QED) is 0.681. The molecule has 0 fully saturated rings. The molecule has 0 saturated carbocycles. The van der Waals surface area contributed by atoms with Gasteiger partial charge in [0.05, 0.1) is 0 Å². The zero-order valence-electron chi connectivity index (χ0n) is 11.6. The fourth-order valence-corrected chi connectivity index (χ4v) is 3.24. The Morgan fingerprint density at radius 3 is 2.06 bits per heavy atom. The van der Waals surface area contributed by atoms with Gasteiger partial charge in [0.1, 0.15) is 0 Å². The van der Waals surface area contributed by atoms with Crippen LogP contribution < -0.4 is 0 Å². The van der Waals surface area contributed by atoms with Crippen molar-refractivity contribution in [3.63, 3.8) is 0 Å². The molecule has 17 heavy (non-hydrogen) atoms. The lowest BCUT2D eigenvalue weighted by Gasteiger charge is -2.31. The van der Waals surface area contributed by atoms with Gasteiger partial charge in [-0.3, -0.25) is 0 Å². The van der Waals surface area contributed by atoms with Crippen LogP contribution in [0.2, 0.25) is 0 Å². The third-order valence-corrected chi connectivity index (χ3v) is 3.88. The monoisotopic (exact) mass is 226 g/mol. The van der Waals surface area contributed by atoms with Crippen molar-refractivity contribution in [2.75, 3.05) is 0 Å². The standard InChI is InChI=1S/C17H22/c1-12-10-13(2)16(14(3)11-12)17(4,5)15-8-6-7-9-15/h6-8,10-11H,9H2,1-5H3. The molecule has 1 aromatic carbocycles. The van der Waals surface area contributed by atoms with E-state index in [1.165, 1.54) is 27.8 Å². The van der Waals surface area contributed by atoms with E-state index in [-0.39, 0.29) is 5.41 Å². The van der Waals surface area contributed by atoms with Crippen molar-refractivity contribution in [1.82, 2.24) is 0 Å². The Morgan fingerprint density at radius 2 is 1.59 bits per heavy atom. The number of aryl methyl sites for hydroxylation is 3. The Hall–Kier alpha value is -1.30. The molecule has 0 amide bonds. The first-order chi connectivity index (χ1) is 7.93. The molecule has 90 valence electrons. The van der Waals surface area contributed by atoms with Gasteiger partial charge in [0, 0.05) is 5.41 Å². The van der Waals surface area contributed by atoms with E-state index in [1.54, 1.807) is 0 Å². The lowest BCUT2D eigenvalue weighted by molar-refractivity contribution is 0.604. The zero-order chi connectivity index (χ0) is 12.6. The highest BCUT2D eigenvalue weighted by Crippen LogP contribution is 2.39. The number of hydrogen-bond acceptors (Lipinski definition) is 0. The molecule has 0 unspecified atom stereocenters. The Morgan fingerprint density at radius 1 is 1.00 bits per heavy atom. The van der Waals surface area contributed by atoms with Crippen molar-refractivity contribution in [3.8, 4) is 0 Å². The summed E-state index contributed by atoms with van der Waals surface area (Å²) < 4.78 is 0. The van der Waals surface area contributed by atoms with E-state index in [2.05, 4.69) is 65.0 Å². The van der Waals surface area contributed by atoms with Gasteiger partial charge in [0.2, 0.25) is 0 Å². The van der Waals surface area contributed by atoms with Gasteiger partial charge >= 0.3 is 0 Å². The van der Waals surface area contributed by atoms with E-state index in [1.807, 2.05) is 0 Å². The second kappa shape index (κ2) is 4.18. The number of hydrogen-bond donors (Lipinski definition) is 0. The predicted molar refractivity (Wildman–Crippen MR) is 75.5 cm³/mol. The highest BCUT2D eigenvalue weighted by molar-refractivity contribution is 5.48. The summed E-state index contributed by atoms with van der Waals surface area (Å²) in [6.07, 6.45) is 7.80. The maximum Gasteiger partial charge on any atom is 0.0116 e. The average Bonchev–Trinajstić information content (AvgIpc) is 2.67. The second-order valence-corrected chi connectivity index (χ2v) is 5.72. The number of allylic oxidation sites excluding steroid dienone is 4. The molecule has 0 spiro atoms. The SMILES string of the molecule is Cc1cc(C)c(C(C)(C)C2=CC=CC2)c(C)c1. The highest BCUT2D eigenvalue weighted by atomic mass is 14.3. The third-order valence-electron chi connectivity index (χ3n) is 3.88. The van der Waals surface area contributed by atoms with Gasteiger partial charge in [-0.2, -0.15) is 0 Å². The van der Waals surface area contributed by atoms with Crippen LogP contribution in [0.3, 0.4) is 0 Å². The van der Waals surface area contributed by atoms with E-state index >= 15 is 0 Å². The fraction of sp³-hybridized carbons (Fsp3) is 0.412. The smallest absolute Gasteiger partial charge is 0.0116 e. The molecule has 0 aromatic heterocycles. The molecule has 1 aromatic rings. The van der Waals surface area contributed by atoms with Gasteiger partial charge in [-0.25, -0.2) is 0 Å². The number of benzene rings is 1. The maximum atomic E-state index is 2.34. The summed E-state index contributed by atoms with van der Waals surface area (Å²) in [7, 11) is 0.